The summed E-state index contributed by atoms with van der Waals surface area (Å²) < 4.78 is 14.6. The molecule has 17 heavy (non-hydrogen) atoms. The van der Waals surface area contributed by atoms with E-state index in [1.54, 1.807) is 6.07 Å². The molecule has 2 aromatic carbocycles. The monoisotopic (exact) mass is 310 g/mol. The van der Waals surface area contributed by atoms with Gasteiger partial charge in [-0.2, -0.15) is 0 Å². The van der Waals surface area contributed by atoms with Crippen LogP contribution < -0.4 is 0 Å². The molecule has 0 aromatic heterocycles. The van der Waals surface area contributed by atoms with Gasteiger partial charge in [-0.3, -0.25) is 4.79 Å². The van der Waals surface area contributed by atoms with Crippen LogP contribution in [0.3, 0.4) is 0 Å². The van der Waals surface area contributed by atoms with Crippen LogP contribution in [0.2, 0.25) is 0 Å². The van der Waals surface area contributed by atoms with Crippen LogP contribution in [0.5, 0.6) is 0 Å². The summed E-state index contributed by atoms with van der Waals surface area (Å²) in [6.45, 7) is 0. The van der Waals surface area contributed by atoms with E-state index in [4.69, 9.17) is 0 Å². The van der Waals surface area contributed by atoms with Crippen molar-refractivity contribution in [1.82, 2.24) is 0 Å². The van der Waals surface area contributed by atoms with Gasteiger partial charge in [-0.25, -0.2) is 4.39 Å². The Balaban J connectivity index is 2.39. The molecule has 0 unspecified atom stereocenters. The summed E-state index contributed by atoms with van der Waals surface area (Å²) in [6, 6.07) is 12.0. The Morgan fingerprint density at radius 1 is 1.18 bits per heavy atom. The molecule has 0 atom stereocenters. The SMILES string of the molecule is O=Cc1cccc(F)c1Sc1cccc(Br)c1. The third-order valence-corrected chi connectivity index (χ3v) is 3.76. The van der Waals surface area contributed by atoms with E-state index in [9.17, 15) is 9.18 Å². The zero-order valence-corrected chi connectivity index (χ0v) is 11.1. The van der Waals surface area contributed by atoms with E-state index in [1.165, 1.54) is 23.9 Å². The third kappa shape index (κ3) is 2.96. The molecule has 2 rings (SSSR count). The minimum Gasteiger partial charge on any atom is -0.298 e. The summed E-state index contributed by atoms with van der Waals surface area (Å²) in [7, 11) is 0. The topological polar surface area (TPSA) is 17.1 Å². The minimum absolute atomic E-state index is 0.362. The summed E-state index contributed by atoms with van der Waals surface area (Å²) in [4.78, 5) is 12.1. The molecule has 2 aromatic rings. The van der Waals surface area contributed by atoms with Gasteiger partial charge < -0.3 is 0 Å². The molecule has 4 heteroatoms. The molecule has 86 valence electrons. The van der Waals surface area contributed by atoms with E-state index in [2.05, 4.69) is 15.9 Å². The van der Waals surface area contributed by atoms with Gasteiger partial charge in [-0.15, -0.1) is 0 Å². The Morgan fingerprint density at radius 3 is 2.65 bits per heavy atom. The fourth-order valence-electron chi connectivity index (χ4n) is 1.37. The maximum atomic E-state index is 13.6. The normalized spacial score (nSPS) is 10.2. The Kier molecular flexibility index (Phi) is 3.97. The first-order chi connectivity index (χ1) is 8.20. The molecule has 0 amide bonds. The zero-order valence-electron chi connectivity index (χ0n) is 8.69. The van der Waals surface area contributed by atoms with Gasteiger partial charge >= 0.3 is 0 Å². The van der Waals surface area contributed by atoms with Gasteiger partial charge in [-0.1, -0.05) is 45.9 Å². The zero-order chi connectivity index (χ0) is 12.3. The van der Waals surface area contributed by atoms with Crippen LogP contribution in [0, 0.1) is 5.82 Å². The second-order valence-electron chi connectivity index (χ2n) is 3.34. The standard InChI is InChI=1S/C13H8BrFOS/c14-10-4-2-5-11(7-10)17-13-9(8-16)3-1-6-12(13)15/h1-8H. The van der Waals surface area contributed by atoms with Gasteiger partial charge in [0.05, 0.1) is 4.90 Å². The van der Waals surface area contributed by atoms with Crippen LogP contribution >= 0.6 is 27.7 Å². The van der Waals surface area contributed by atoms with Crippen molar-refractivity contribution in [1.29, 1.82) is 0 Å². The molecule has 0 fully saturated rings. The maximum absolute atomic E-state index is 13.6. The number of aldehydes is 1. The molecular weight excluding hydrogens is 303 g/mol. The highest BCUT2D eigenvalue weighted by molar-refractivity contribution is 9.10. The fourth-order valence-corrected chi connectivity index (χ4v) is 2.89. The van der Waals surface area contributed by atoms with E-state index < -0.39 is 0 Å². The predicted molar refractivity (Wildman–Crippen MR) is 70.1 cm³/mol. The van der Waals surface area contributed by atoms with Crippen molar-refractivity contribution in [3.05, 3.63) is 58.3 Å². The van der Waals surface area contributed by atoms with Gasteiger partial charge in [0, 0.05) is 14.9 Å². The van der Waals surface area contributed by atoms with Crippen LogP contribution in [-0.2, 0) is 0 Å². The molecule has 0 spiro atoms. The molecule has 0 bridgehead atoms. The van der Waals surface area contributed by atoms with Crippen molar-refractivity contribution in [2.75, 3.05) is 0 Å². The average Bonchev–Trinajstić information content (AvgIpc) is 2.32. The fraction of sp³-hybridized carbons (Fsp3) is 0. The lowest BCUT2D eigenvalue weighted by Crippen LogP contribution is -1.89. The number of benzene rings is 2. The van der Waals surface area contributed by atoms with Crippen LogP contribution in [0.25, 0.3) is 0 Å². The number of carbonyl (C=O) groups is 1. The number of hydrogen-bond acceptors (Lipinski definition) is 2. The average molecular weight is 311 g/mol. The highest BCUT2D eigenvalue weighted by Gasteiger charge is 2.09. The molecule has 0 heterocycles. The second kappa shape index (κ2) is 5.47. The van der Waals surface area contributed by atoms with Crippen LogP contribution in [-0.4, -0.2) is 6.29 Å². The van der Waals surface area contributed by atoms with Crippen LogP contribution in [0.1, 0.15) is 10.4 Å². The van der Waals surface area contributed by atoms with Gasteiger partial charge in [0.15, 0.2) is 6.29 Å². The van der Waals surface area contributed by atoms with E-state index in [1.807, 2.05) is 24.3 Å². The van der Waals surface area contributed by atoms with Gasteiger partial charge in [-0.05, 0) is 24.3 Å². The summed E-state index contributed by atoms with van der Waals surface area (Å²) in [6.07, 6.45) is 0.670. The molecular formula is C13H8BrFOS. The van der Waals surface area contributed by atoms with E-state index in [0.29, 0.717) is 16.7 Å². The van der Waals surface area contributed by atoms with Crippen LogP contribution in [0.15, 0.2) is 56.7 Å². The summed E-state index contributed by atoms with van der Waals surface area (Å²) >= 11 is 4.60. The lowest BCUT2D eigenvalue weighted by Gasteiger charge is -2.06. The molecule has 0 aliphatic heterocycles. The minimum atomic E-state index is -0.375. The predicted octanol–water partition coefficient (Wildman–Crippen LogP) is 4.55. The highest BCUT2D eigenvalue weighted by atomic mass is 79.9. The Hall–Kier alpha value is -1.13. The molecule has 0 N–H and O–H groups in total. The van der Waals surface area contributed by atoms with Gasteiger partial charge in [0.1, 0.15) is 5.82 Å². The Morgan fingerprint density at radius 2 is 1.94 bits per heavy atom. The number of hydrogen-bond donors (Lipinski definition) is 0. The molecule has 0 aliphatic carbocycles. The van der Waals surface area contributed by atoms with Crippen molar-refractivity contribution in [2.24, 2.45) is 0 Å². The maximum Gasteiger partial charge on any atom is 0.151 e. The summed E-state index contributed by atoms with van der Waals surface area (Å²) in [5, 5.41) is 0. The Bertz CT molecular complexity index is 557. The first-order valence-electron chi connectivity index (χ1n) is 4.88. The first kappa shape index (κ1) is 12.3. The van der Waals surface area contributed by atoms with E-state index in [-0.39, 0.29) is 5.82 Å². The van der Waals surface area contributed by atoms with Crippen molar-refractivity contribution in [2.45, 2.75) is 9.79 Å². The molecule has 0 radical (unpaired) electrons. The van der Waals surface area contributed by atoms with Gasteiger partial charge in [0.25, 0.3) is 0 Å². The third-order valence-electron chi connectivity index (χ3n) is 2.14. The lowest BCUT2D eigenvalue weighted by atomic mass is 10.2. The number of carbonyl (C=O) groups excluding carboxylic acids is 1. The molecule has 0 saturated carbocycles. The van der Waals surface area contributed by atoms with Crippen molar-refractivity contribution in [3.63, 3.8) is 0 Å². The van der Waals surface area contributed by atoms with Crippen molar-refractivity contribution < 1.29 is 9.18 Å². The number of halogens is 2. The molecule has 0 saturated heterocycles. The quantitative estimate of drug-likeness (QED) is 0.773. The molecule has 1 nitrogen and oxygen atoms in total. The number of rotatable bonds is 3. The molecule has 0 aliphatic rings. The van der Waals surface area contributed by atoms with Crippen LogP contribution in [0.4, 0.5) is 4.39 Å². The first-order valence-corrected chi connectivity index (χ1v) is 6.49. The van der Waals surface area contributed by atoms with E-state index >= 15 is 0 Å². The smallest absolute Gasteiger partial charge is 0.151 e. The van der Waals surface area contributed by atoms with Crippen molar-refractivity contribution in [3.8, 4) is 0 Å². The van der Waals surface area contributed by atoms with E-state index in [0.717, 1.165) is 9.37 Å². The van der Waals surface area contributed by atoms with Gasteiger partial charge in [0.2, 0.25) is 0 Å². The summed E-state index contributed by atoms with van der Waals surface area (Å²) in [5.41, 5.74) is 0.370. The largest absolute Gasteiger partial charge is 0.298 e. The summed E-state index contributed by atoms with van der Waals surface area (Å²) in [5.74, 6) is -0.375. The van der Waals surface area contributed by atoms with Crippen molar-refractivity contribution >= 4 is 34.0 Å². The highest BCUT2D eigenvalue weighted by Crippen LogP contribution is 2.33. The second-order valence-corrected chi connectivity index (χ2v) is 5.33. The lowest BCUT2D eigenvalue weighted by molar-refractivity contribution is 0.112. The Labute approximate surface area is 111 Å².